The summed E-state index contributed by atoms with van der Waals surface area (Å²) in [5, 5.41) is 2.04. The number of ether oxygens (including phenoxy) is 3. The molecule has 0 unspecified atom stereocenters. The fraction of sp³-hybridized carbons (Fsp3) is 0.240. The maximum absolute atomic E-state index is 12.8. The summed E-state index contributed by atoms with van der Waals surface area (Å²) in [5.74, 6) is 2.39. The molecular formula is C25H24O4. The largest absolute Gasteiger partial charge is 0.497 e. The summed E-state index contributed by atoms with van der Waals surface area (Å²) in [7, 11) is 1.64. The van der Waals surface area contributed by atoms with E-state index in [1.165, 1.54) is 0 Å². The van der Waals surface area contributed by atoms with Crippen LogP contribution in [0.3, 0.4) is 0 Å². The molecule has 0 spiro atoms. The first-order chi connectivity index (χ1) is 14.1. The zero-order valence-corrected chi connectivity index (χ0v) is 16.9. The molecule has 0 aromatic heterocycles. The summed E-state index contributed by atoms with van der Waals surface area (Å²) in [6, 6.07) is 15.5. The van der Waals surface area contributed by atoms with Crippen LogP contribution in [-0.2, 0) is 6.42 Å². The van der Waals surface area contributed by atoms with Crippen molar-refractivity contribution >= 4 is 22.6 Å². The number of hydrogen-bond acceptors (Lipinski definition) is 4. The predicted molar refractivity (Wildman–Crippen MR) is 115 cm³/mol. The lowest BCUT2D eigenvalue weighted by Crippen LogP contribution is -2.05. The minimum Gasteiger partial charge on any atom is -0.497 e. The third kappa shape index (κ3) is 3.97. The van der Waals surface area contributed by atoms with Gasteiger partial charge in [-0.1, -0.05) is 18.2 Å². The van der Waals surface area contributed by atoms with Gasteiger partial charge in [-0.3, -0.25) is 4.79 Å². The normalized spacial score (nSPS) is 15.3. The fourth-order valence-electron chi connectivity index (χ4n) is 3.63. The topological polar surface area (TPSA) is 44.8 Å². The maximum atomic E-state index is 12.8. The second-order valence-electron chi connectivity index (χ2n) is 7.19. The molecule has 0 saturated carbocycles. The van der Waals surface area contributed by atoms with Crippen LogP contribution in [0.4, 0.5) is 0 Å². The Morgan fingerprint density at radius 2 is 1.93 bits per heavy atom. The lowest BCUT2D eigenvalue weighted by molar-refractivity contribution is 0.104. The van der Waals surface area contributed by atoms with Crippen molar-refractivity contribution in [3.8, 4) is 17.2 Å². The van der Waals surface area contributed by atoms with Gasteiger partial charge >= 0.3 is 0 Å². The number of hydrogen-bond donors (Lipinski definition) is 0. The second-order valence-corrected chi connectivity index (χ2v) is 7.19. The van der Waals surface area contributed by atoms with Crippen molar-refractivity contribution in [1.82, 2.24) is 0 Å². The molecule has 0 fully saturated rings. The van der Waals surface area contributed by atoms with Crippen LogP contribution in [-0.4, -0.2) is 25.6 Å². The summed E-state index contributed by atoms with van der Waals surface area (Å²) in [5.41, 5.74) is 2.64. The van der Waals surface area contributed by atoms with Crippen molar-refractivity contribution in [3.05, 3.63) is 71.3 Å². The standard InChI is InChI=1S/C25H24O4/c1-4-28-24-15-21-11-16(2)29-25(21)14-20(24)8-10-23(26)19-6-5-18-13-22(27-3)9-7-17(18)12-19/h5-10,12-16H,4,11H2,1-3H3/b10-8+/t16-/m1/s1. The third-order valence-electron chi connectivity index (χ3n) is 5.07. The minimum absolute atomic E-state index is 0.0556. The average molecular weight is 388 g/mol. The summed E-state index contributed by atoms with van der Waals surface area (Å²) in [4.78, 5) is 12.8. The Labute approximate surface area is 170 Å². The van der Waals surface area contributed by atoms with Crippen LogP contribution < -0.4 is 14.2 Å². The molecule has 0 aliphatic carbocycles. The highest BCUT2D eigenvalue weighted by Gasteiger charge is 2.21. The molecule has 1 aliphatic heterocycles. The monoisotopic (exact) mass is 388 g/mol. The number of carbonyl (C=O) groups is 1. The van der Waals surface area contributed by atoms with E-state index >= 15 is 0 Å². The zero-order chi connectivity index (χ0) is 20.4. The summed E-state index contributed by atoms with van der Waals surface area (Å²) in [6.07, 6.45) is 4.43. The Bertz CT molecular complexity index is 1100. The first-order valence-electron chi connectivity index (χ1n) is 9.84. The first kappa shape index (κ1) is 19.1. The van der Waals surface area contributed by atoms with E-state index in [1.807, 2.05) is 55.5 Å². The molecule has 4 heteroatoms. The molecule has 0 amide bonds. The maximum Gasteiger partial charge on any atom is 0.185 e. The van der Waals surface area contributed by atoms with Crippen LogP contribution in [0.5, 0.6) is 17.2 Å². The van der Waals surface area contributed by atoms with E-state index in [0.29, 0.717) is 12.2 Å². The van der Waals surface area contributed by atoms with Gasteiger partial charge in [0.1, 0.15) is 23.4 Å². The molecule has 0 saturated heterocycles. The van der Waals surface area contributed by atoms with Gasteiger partial charge in [-0.2, -0.15) is 0 Å². The molecule has 3 aromatic carbocycles. The number of allylic oxidation sites excluding steroid dienone is 1. The lowest BCUT2D eigenvalue weighted by atomic mass is 10.0. The number of benzene rings is 3. The molecule has 0 radical (unpaired) electrons. The molecule has 0 bridgehead atoms. The molecule has 29 heavy (non-hydrogen) atoms. The van der Waals surface area contributed by atoms with E-state index in [-0.39, 0.29) is 11.9 Å². The molecule has 4 nitrogen and oxygen atoms in total. The Hall–Kier alpha value is -3.27. The van der Waals surface area contributed by atoms with Crippen molar-refractivity contribution < 1.29 is 19.0 Å². The van der Waals surface area contributed by atoms with E-state index in [0.717, 1.165) is 45.6 Å². The lowest BCUT2D eigenvalue weighted by Gasteiger charge is -2.10. The van der Waals surface area contributed by atoms with Crippen LogP contribution in [0.15, 0.2) is 54.6 Å². The minimum atomic E-state index is -0.0556. The highest BCUT2D eigenvalue weighted by molar-refractivity contribution is 6.08. The van der Waals surface area contributed by atoms with Crippen LogP contribution >= 0.6 is 0 Å². The molecule has 1 heterocycles. The van der Waals surface area contributed by atoms with E-state index in [2.05, 4.69) is 6.92 Å². The zero-order valence-electron chi connectivity index (χ0n) is 16.9. The van der Waals surface area contributed by atoms with Crippen LogP contribution in [0, 0.1) is 0 Å². The van der Waals surface area contributed by atoms with Crippen molar-refractivity contribution in [2.45, 2.75) is 26.4 Å². The summed E-state index contributed by atoms with van der Waals surface area (Å²) < 4.78 is 16.9. The van der Waals surface area contributed by atoms with E-state index < -0.39 is 0 Å². The number of methoxy groups -OCH3 is 1. The van der Waals surface area contributed by atoms with Crippen LogP contribution in [0.25, 0.3) is 16.8 Å². The number of rotatable bonds is 6. The molecular weight excluding hydrogens is 364 g/mol. The molecule has 0 N–H and O–H groups in total. The van der Waals surface area contributed by atoms with Crippen LogP contribution in [0.1, 0.15) is 35.3 Å². The molecule has 4 rings (SSSR count). The quantitative estimate of drug-likeness (QED) is 0.415. The van der Waals surface area contributed by atoms with Crippen molar-refractivity contribution in [1.29, 1.82) is 0 Å². The molecule has 1 atom stereocenters. The van der Waals surface area contributed by atoms with Gasteiger partial charge in [-0.05, 0) is 67.1 Å². The van der Waals surface area contributed by atoms with Crippen molar-refractivity contribution in [3.63, 3.8) is 0 Å². The smallest absolute Gasteiger partial charge is 0.185 e. The van der Waals surface area contributed by atoms with Gasteiger partial charge in [-0.25, -0.2) is 0 Å². The van der Waals surface area contributed by atoms with Gasteiger partial charge in [0.25, 0.3) is 0 Å². The fourth-order valence-corrected chi connectivity index (χ4v) is 3.63. The van der Waals surface area contributed by atoms with E-state index in [4.69, 9.17) is 14.2 Å². The van der Waals surface area contributed by atoms with Crippen molar-refractivity contribution in [2.75, 3.05) is 13.7 Å². The van der Waals surface area contributed by atoms with Gasteiger partial charge in [-0.15, -0.1) is 0 Å². The SMILES string of the molecule is CCOc1cc2c(cc1/C=C/C(=O)c1ccc3cc(OC)ccc3c1)O[C@H](C)C2. The Morgan fingerprint density at radius 1 is 1.14 bits per heavy atom. The van der Waals surface area contributed by atoms with E-state index in [9.17, 15) is 4.79 Å². The molecule has 148 valence electrons. The number of carbonyl (C=O) groups excluding carboxylic acids is 1. The predicted octanol–water partition coefficient (Wildman–Crippen LogP) is 5.47. The Morgan fingerprint density at radius 3 is 2.72 bits per heavy atom. The molecule has 1 aliphatic rings. The third-order valence-corrected chi connectivity index (χ3v) is 5.07. The van der Waals surface area contributed by atoms with Crippen LogP contribution in [0.2, 0.25) is 0 Å². The highest BCUT2D eigenvalue weighted by atomic mass is 16.5. The number of fused-ring (bicyclic) bond motifs is 2. The van der Waals surface area contributed by atoms with Crippen molar-refractivity contribution in [2.24, 2.45) is 0 Å². The van der Waals surface area contributed by atoms with Gasteiger partial charge in [0.05, 0.1) is 13.7 Å². The highest BCUT2D eigenvalue weighted by Crippen LogP contribution is 2.35. The van der Waals surface area contributed by atoms with Gasteiger partial charge < -0.3 is 14.2 Å². The van der Waals surface area contributed by atoms with Gasteiger partial charge in [0.2, 0.25) is 0 Å². The Balaban J connectivity index is 1.61. The Kier molecular flexibility index (Phi) is 5.26. The average Bonchev–Trinajstić information content (AvgIpc) is 3.10. The molecule has 3 aromatic rings. The number of ketones is 1. The van der Waals surface area contributed by atoms with E-state index in [1.54, 1.807) is 19.3 Å². The second kappa shape index (κ2) is 8.00. The summed E-state index contributed by atoms with van der Waals surface area (Å²) >= 11 is 0. The summed E-state index contributed by atoms with van der Waals surface area (Å²) in [6.45, 7) is 4.57. The first-order valence-corrected chi connectivity index (χ1v) is 9.84. The van der Waals surface area contributed by atoms with Gasteiger partial charge in [0, 0.05) is 23.1 Å². The van der Waals surface area contributed by atoms with Gasteiger partial charge in [0.15, 0.2) is 5.78 Å².